The van der Waals surface area contributed by atoms with Gasteiger partial charge in [-0.2, -0.15) is 5.10 Å². The van der Waals surface area contributed by atoms with Gasteiger partial charge in [-0.3, -0.25) is 0 Å². The predicted octanol–water partition coefficient (Wildman–Crippen LogP) is 2.36. The van der Waals surface area contributed by atoms with Crippen LogP contribution >= 0.6 is 0 Å². The highest BCUT2D eigenvalue weighted by atomic mass is 19.3. The molecule has 0 bridgehead atoms. The van der Waals surface area contributed by atoms with Crippen molar-refractivity contribution in [1.82, 2.24) is 9.61 Å². The number of aromatic nitrogens is 2. The fourth-order valence-electron chi connectivity index (χ4n) is 2.49. The zero-order valence-electron chi connectivity index (χ0n) is 11.6. The number of hydrogen-bond donors (Lipinski definition) is 0. The molecule has 1 aliphatic rings. The van der Waals surface area contributed by atoms with Gasteiger partial charge in [0.05, 0.1) is 24.9 Å². The van der Waals surface area contributed by atoms with Crippen LogP contribution < -0.4 is 4.90 Å². The summed E-state index contributed by atoms with van der Waals surface area (Å²) in [6.45, 7) is 1.99. The number of anilines is 1. The summed E-state index contributed by atoms with van der Waals surface area (Å²) < 4.78 is 33.1. The highest BCUT2D eigenvalue weighted by molar-refractivity contribution is 5.97. The molecule has 1 fully saturated rings. The van der Waals surface area contributed by atoms with Crippen LogP contribution in [0.15, 0.2) is 24.5 Å². The molecule has 5 nitrogen and oxygen atoms in total. The Labute approximate surface area is 120 Å². The molecule has 0 N–H and O–H groups in total. The zero-order chi connectivity index (χ0) is 15.0. The molecule has 1 aliphatic heterocycles. The lowest BCUT2D eigenvalue weighted by molar-refractivity contribution is 0.0257. The van der Waals surface area contributed by atoms with Crippen LogP contribution in [0.3, 0.4) is 0 Å². The van der Waals surface area contributed by atoms with Crippen molar-refractivity contribution in [3.05, 3.63) is 30.1 Å². The van der Waals surface area contributed by atoms with Crippen LogP contribution in [0.2, 0.25) is 0 Å². The second-order valence-corrected chi connectivity index (χ2v) is 5.02. The number of fused-ring (bicyclic) bond motifs is 1. The van der Waals surface area contributed by atoms with E-state index in [2.05, 4.69) is 5.10 Å². The quantitative estimate of drug-likeness (QED) is 0.816. The number of pyridine rings is 1. The van der Waals surface area contributed by atoms with Gasteiger partial charge in [-0.25, -0.2) is 18.1 Å². The molecule has 7 heteroatoms. The normalized spacial score (nSPS) is 17.4. The Morgan fingerprint density at radius 2 is 2.33 bits per heavy atom. The van der Waals surface area contributed by atoms with E-state index >= 15 is 0 Å². The Balaban J connectivity index is 1.95. The van der Waals surface area contributed by atoms with E-state index < -0.39 is 11.9 Å². The second kappa shape index (κ2) is 4.98. The second-order valence-electron chi connectivity index (χ2n) is 5.02. The summed E-state index contributed by atoms with van der Waals surface area (Å²) in [5, 5.41) is 4.07. The van der Waals surface area contributed by atoms with Crippen molar-refractivity contribution >= 4 is 17.2 Å². The van der Waals surface area contributed by atoms with Crippen LogP contribution in [0, 0.1) is 0 Å². The summed E-state index contributed by atoms with van der Waals surface area (Å²) in [4.78, 5) is 13.5. The lowest BCUT2D eigenvalue weighted by Crippen LogP contribution is -2.24. The number of esters is 1. The van der Waals surface area contributed by atoms with Crippen LogP contribution in [0.5, 0.6) is 0 Å². The van der Waals surface area contributed by atoms with Crippen LogP contribution in [-0.4, -0.2) is 41.2 Å². The lowest BCUT2D eigenvalue weighted by atomic mass is 10.2. The highest BCUT2D eigenvalue weighted by Gasteiger charge is 2.38. The third-order valence-electron chi connectivity index (χ3n) is 3.54. The largest absolute Gasteiger partial charge is 0.462 e. The number of rotatable bonds is 3. The molecule has 0 unspecified atom stereocenters. The maximum atomic E-state index is 13.3. The molecule has 0 amide bonds. The van der Waals surface area contributed by atoms with Crippen molar-refractivity contribution in [1.29, 1.82) is 0 Å². The van der Waals surface area contributed by atoms with Gasteiger partial charge in [0.2, 0.25) is 0 Å². The molecule has 21 heavy (non-hydrogen) atoms. The SMILES string of the molecule is CCOC(=O)c1cnn2ccc(N3CCC(F)(F)C3)cc12. The Kier molecular flexibility index (Phi) is 3.27. The summed E-state index contributed by atoms with van der Waals surface area (Å²) in [6, 6.07) is 3.41. The molecular weight excluding hydrogens is 280 g/mol. The molecule has 2 aromatic rings. The van der Waals surface area contributed by atoms with E-state index in [1.807, 2.05) is 0 Å². The van der Waals surface area contributed by atoms with Gasteiger partial charge >= 0.3 is 5.97 Å². The minimum absolute atomic E-state index is 0.151. The maximum absolute atomic E-state index is 13.3. The van der Waals surface area contributed by atoms with Gasteiger partial charge in [-0.1, -0.05) is 0 Å². The lowest BCUT2D eigenvalue weighted by Gasteiger charge is -2.18. The van der Waals surface area contributed by atoms with Crippen LogP contribution in [0.25, 0.3) is 5.52 Å². The Morgan fingerprint density at radius 3 is 3.00 bits per heavy atom. The highest BCUT2D eigenvalue weighted by Crippen LogP contribution is 2.31. The molecule has 112 valence electrons. The number of ether oxygens (including phenoxy) is 1. The average Bonchev–Trinajstić information content (AvgIpc) is 3.01. The number of halogens is 2. The Hall–Kier alpha value is -2.18. The summed E-state index contributed by atoms with van der Waals surface area (Å²) in [6.07, 6.45) is 2.93. The topological polar surface area (TPSA) is 46.8 Å². The number of hydrogen-bond acceptors (Lipinski definition) is 4. The van der Waals surface area contributed by atoms with Gasteiger partial charge in [-0.05, 0) is 19.1 Å². The van der Waals surface area contributed by atoms with Crippen LogP contribution in [0.4, 0.5) is 14.5 Å². The van der Waals surface area contributed by atoms with E-state index in [0.717, 1.165) is 0 Å². The molecule has 0 aliphatic carbocycles. The van der Waals surface area contributed by atoms with Crippen LogP contribution in [0.1, 0.15) is 23.7 Å². The van der Waals surface area contributed by atoms with E-state index in [-0.39, 0.29) is 19.6 Å². The van der Waals surface area contributed by atoms with Gasteiger partial charge in [0.25, 0.3) is 5.92 Å². The minimum Gasteiger partial charge on any atom is -0.462 e. The molecule has 0 atom stereocenters. The fourth-order valence-corrected chi connectivity index (χ4v) is 2.49. The third-order valence-corrected chi connectivity index (χ3v) is 3.54. The van der Waals surface area contributed by atoms with Gasteiger partial charge in [0.1, 0.15) is 5.56 Å². The molecule has 1 saturated heterocycles. The summed E-state index contributed by atoms with van der Waals surface area (Å²) in [7, 11) is 0. The van der Waals surface area contributed by atoms with E-state index in [9.17, 15) is 13.6 Å². The Bertz CT molecular complexity index is 684. The predicted molar refractivity (Wildman–Crippen MR) is 72.9 cm³/mol. The molecule has 3 heterocycles. The van der Waals surface area contributed by atoms with Crippen molar-refractivity contribution in [3.8, 4) is 0 Å². The monoisotopic (exact) mass is 295 g/mol. The smallest absolute Gasteiger partial charge is 0.341 e. The minimum atomic E-state index is -2.66. The molecular formula is C14H15F2N3O2. The van der Waals surface area contributed by atoms with E-state index in [1.54, 1.807) is 30.2 Å². The average molecular weight is 295 g/mol. The van der Waals surface area contributed by atoms with Crippen molar-refractivity contribution in [2.45, 2.75) is 19.3 Å². The summed E-state index contributed by atoms with van der Waals surface area (Å²) in [5.41, 5.74) is 1.55. The van der Waals surface area contributed by atoms with Crippen LogP contribution in [-0.2, 0) is 4.74 Å². The third kappa shape index (κ3) is 2.55. The number of carbonyl (C=O) groups is 1. The molecule has 0 spiro atoms. The molecule has 2 aromatic heterocycles. The molecule has 3 rings (SSSR count). The van der Waals surface area contributed by atoms with Crippen molar-refractivity contribution in [2.24, 2.45) is 0 Å². The van der Waals surface area contributed by atoms with E-state index in [1.165, 1.54) is 10.7 Å². The van der Waals surface area contributed by atoms with E-state index in [4.69, 9.17) is 4.74 Å². The van der Waals surface area contributed by atoms with Gasteiger partial charge in [0.15, 0.2) is 0 Å². The summed E-state index contributed by atoms with van der Waals surface area (Å²) in [5.74, 6) is -3.12. The number of nitrogens with zero attached hydrogens (tertiary/aromatic N) is 3. The van der Waals surface area contributed by atoms with Crippen molar-refractivity contribution in [3.63, 3.8) is 0 Å². The number of carbonyl (C=O) groups excluding carboxylic acids is 1. The zero-order valence-corrected chi connectivity index (χ0v) is 11.6. The first kappa shape index (κ1) is 13.8. The first-order valence-electron chi connectivity index (χ1n) is 6.77. The standard InChI is InChI=1S/C14H15F2N3O2/c1-2-21-13(20)11-8-17-19-5-3-10(7-12(11)19)18-6-4-14(15,16)9-18/h3,5,7-8H,2,4,6,9H2,1H3. The maximum Gasteiger partial charge on any atom is 0.341 e. The van der Waals surface area contributed by atoms with Gasteiger partial charge in [0, 0.05) is 24.8 Å². The van der Waals surface area contributed by atoms with Gasteiger partial charge < -0.3 is 9.64 Å². The molecule has 0 aromatic carbocycles. The van der Waals surface area contributed by atoms with E-state index in [0.29, 0.717) is 23.3 Å². The summed E-state index contributed by atoms with van der Waals surface area (Å²) >= 11 is 0. The fraction of sp³-hybridized carbons (Fsp3) is 0.429. The van der Waals surface area contributed by atoms with Gasteiger partial charge in [-0.15, -0.1) is 0 Å². The number of alkyl halides is 2. The first-order valence-corrected chi connectivity index (χ1v) is 6.77. The first-order chi connectivity index (χ1) is 10.00. The Morgan fingerprint density at radius 1 is 1.52 bits per heavy atom. The van der Waals surface area contributed by atoms with Crippen molar-refractivity contribution < 1.29 is 18.3 Å². The molecule has 0 saturated carbocycles. The molecule has 0 radical (unpaired) electrons. The van der Waals surface area contributed by atoms with Crippen molar-refractivity contribution in [2.75, 3.05) is 24.6 Å².